The van der Waals surface area contributed by atoms with Crippen LogP contribution in [0.1, 0.15) is 28.8 Å². The fourth-order valence-electron chi connectivity index (χ4n) is 4.17. The Kier molecular flexibility index (Phi) is 6.13. The lowest BCUT2D eigenvalue weighted by Crippen LogP contribution is -2.67. The maximum absolute atomic E-state index is 14.4. The fraction of sp³-hybridized carbons (Fsp3) is 0.455. The molecule has 1 aliphatic carbocycles. The van der Waals surface area contributed by atoms with Crippen LogP contribution in [-0.2, 0) is 0 Å². The number of carbonyl (C=O) groups is 1. The normalized spacial score (nSPS) is 24.3. The number of likely N-dealkylation sites (tertiary alicyclic amines) is 1. The number of aromatic nitrogens is 1. The lowest BCUT2D eigenvalue weighted by molar-refractivity contribution is -0.0798. The third-order valence-electron chi connectivity index (χ3n) is 5.99. The predicted molar refractivity (Wildman–Crippen MR) is 113 cm³/mol. The van der Waals surface area contributed by atoms with Crippen LogP contribution >= 0.6 is 0 Å². The number of β-amino-alcohol motifs (C(OH)–C–C–N with tert-alkyl or cyclic N) is 1. The molecule has 1 amide bonds. The molecule has 1 aromatic heterocycles. The zero-order valence-electron chi connectivity index (χ0n) is 17.6. The lowest BCUT2D eigenvalue weighted by Gasteiger charge is -2.47. The highest BCUT2D eigenvalue weighted by Crippen LogP contribution is 2.30. The van der Waals surface area contributed by atoms with Gasteiger partial charge in [0, 0.05) is 18.8 Å². The number of benzene rings is 1. The van der Waals surface area contributed by atoms with Crippen molar-refractivity contribution in [3.8, 4) is 0 Å². The van der Waals surface area contributed by atoms with E-state index in [4.69, 9.17) is 0 Å². The lowest BCUT2D eigenvalue weighted by atomic mass is 9.92. The Morgan fingerprint density at radius 3 is 2.56 bits per heavy atom. The molecule has 172 valence electrons. The Hall–Kier alpha value is -2.66. The number of amides is 1. The quantitative estimate of drug-likeness (QED) is 0.420. The molecule has 8 nitrogen and oxygen atoms in total. The number of hydrogen-bond acceptors (Lipinski definition) is 7. The van der Waals surface area contributed by atoms with Crippen LogP contribution in [0.4, 0.5) is 20.2 Å². The first-order chi connectivity index (χ1) is 15.1. The molecule has 2 fully saturated rings. The van der Waals surface area contributed by atoms with E-state index in [1.54, 1.807) is 13.0 Å². The van der Waals surface area contributed by atoms with E-state index in [0.717, 1.165) is 6.20 Å². The Morgan fingerprint density at radius 1 is 1.22 bits per heavy atom. The van der Waals surface area contributed by atoms with Gasteiger partial charge in [-0.25, -0.2) is 9.37 Å². The second kappa shape index (κ2) is 8.70. The SMILES string of the molecule is Cc1ccc(Nc2c(C(=O)N3CC(O)(CNC4CC(O)C(O)C4)C3)ccnc2F)c(F)c1. The van der Waals surface area contributed by atoms with E-state index < -0.39 is 35.5 Å². The van der Waals surface area contributed by atoms with Gasteiger partial charge in [-0.05, 0) is 43.5 Å². The smallest absolute Gasteiger partial charge is 0.256 e. The molecule has 1 saturated heterocycles. The summed E-state index contributed by atoms with van der Waals surface area (Å²) in [5.41, 5.74) is -0.707. The number of nitrogens with zero attached hydrogens (tertiary/aromatic N) is 2. The molecule has 1 aromatic carbocycles. The third kappa shape index (κ3) is 4.58. The van der Waals surface area contributed by atoms with E-state index in [-0.39, 0.29) is 42.6 Å². The van der Waals surface area contributed by atoms with Crippen LogP contribution in [0, 0.1) is 18.7 Å². The van der Waals surface area contributed by atoms with Crippen molar-refractivity contribution in [2.75, 3.05) is 25.0 Å². The van der Waals surface area contributed by atoms with Gasteiger partial charge in [-0.3, -0.25) is 4.79 Å². The Labute approximate surface area is 183 Å². The summed E-state index contributed by atoms with van der Waals surface area (Å²) in [6, 6.07) is 5.63. The number of pyridine rings is 1. The third-order valence-corrected chi connectivity index (χ3v) is 5.99. The molecule has 1 saturated carbocycles. The van der Waals surface area contributed by atoms with Crippen molar-refractivity contribution in [2.45, 2.75) is 43.6 Å². The second-order valence-corrected chi connectivity index (χ2v) is 8.70. The van der Waals surface area contributed by atoms with Crippen LogP contribution in [0.15, 0.2) is 30.5 Å². The molecule has 0 spiro atoms. The molecule has 2 heterocycles. The highest BCUT2D eigenvalue weighted by molar-refractivity contribution is 6.00. The van der Waals surface area contributed by atoms with Crippen LogP contribution in [0.25, 0.3) is 0 Å². The van der Waals surface area contributed by atoms with Crippen LogP contribution in [0.2, 0.25) is 0 Å². The van der Waals surface area contributed by atoms with Gasteiger partial charge in [0.1, 0.15) is 17.1 Å². The molecular weight excluding hydrogens is 422 g/mol. The van der Waals surface area contributed by atoms with Gasteiger partial charge in [0.25, 0.3) is 5.91 Å². The number of aliphatic hydroxyl groups excluding tert-OH is 2. The number of carbonyl (C=O) groups excluding carboxylic acids is 1. The van der Waals surface area contributed by atoms with Crippen LogP contribution in [-0.4, -0.2) is 74.6 Å². The molecule has 2 aliphatic rings. The van der Waals surface area contributed by atoms with Crippen molar-refractivity contribution >= 4 is 17.3 Å². The average molecular weight is 448 g/mol. The monoisotopic (exact) mass is 448 g/mol. The van der Waals surface area contributed by atoms with Crippen molar-refractivity contribution in [3.05, 3.63) is 53.4 Å². The summed E-state index contributed by atoms with van der Waals surface area (Å²) < 4.78 is 28.7. The summed E-state index contributed by atoms with van der Waals surface area (Å²) in [6.07, 6.45) is 0.366. The van der Waals surface area contributed by atoms with Crippen molar-refractivity contribution in [1.29, 1.82) is 0 Å². The zero-order valence-corrected chi connectivity index (χ0v) is 17.6. The molecule has 10 heteroatoms. The van der Waals surface area contributed by atoms with Gasteiger partial charge in [0.05, 0.1) is 36.5 Å². The van der Waals surface area contributed by atoms with E-state index in [2.05, 4.69) is 15.6 Å². The minimum Gasteiger partial charge on any atom is -0.390 e. The zero-order chi connectivity index (χ0) is 23.0. The molecule has 4 rings (SSSR count). The maximum atomic E-state index is 14.4. The fourth-order valence-corrected chi connectivity index (χ4v) is 4.17. The number of halogens is 2. The topological polar surface area (TPSA) is 118 Å². The van der Waals surface area contributed by atoms with Gasteiger partial charge < -0.3 is 30.9 Å². The second-order valence-electron chi connectivity index (χ2n) is 8.70. The van der Waals surface area contributed by atoms with E-state index >= 15 is 0 Å². The predicted octanol–water partition coefficient (Wildman–Crippen LogP) is 1.07. The van der Waals surface area contributed by atoms with Crippen molar-refractivity contribution in [2.24, 2.45) is 0 Å². The molecule has 5 N–H and O–H groups in total. The summed E-state index contributed by atoms with van der Waals surface area (Å²) >= 11 is 0. The standard InChI is InChI=1S/C22H26F2N4O4/c1-12-2-3-16(15(23)6-12)27-19-14(4-5-25-20(19)24)21(31)28-10-22(32,11-28)9-26-13-7-17(29)18(30)8-13/h2-6,13,17-18,26-27,29-30,32H,7-11H2,1H3. The van der Waals surface area contributed by atoms with E-state index in [9.17, 15) is 28.9 Å². The molecule has 32 heavy (non-hydrogen) atoms. The summed E-state index contributed by atoms with van der Waals surface area (Å²) in [7, 11) is 0. The highest BCUT2D eigenvalue weighted by atomic mass is 19.1. The van der Waals surface area contributed by atoms with E-state index in [1.807, 2.05) is 0 Å². The van der Waals surface area contributed by atoms with Crippen LogP contribution in [0.5, 0.6) is 0 Å². The van der Waals surface area contributed by atoms with Crippen LogP contribution < -0.4 is 10.6 Å². The summed E-state index contributed by atoms with van der Waals surface area (Å²) in [5, 5.41) is 35.6. The minimum absolute atomic E-state index is 0.0156. The molecule has 2 aromatic rings. The van der Waals surface area contributed by atoms with Crippen molar-refractivity contribution in [3.63, 3.8) is 0 Å². The Morgan fingerprint density at radius 2 is 1.91 bits per heavy atom. The number of nitrogens with one attached hydrogen (secondary N) is 2. The number of aliphatic hydroxyl groups is 3. The first-order valence-electron chi connectivity index (χ1n) is 10.4. The number of anilines is 2. The maximum Gasteiger partial charge on any atom is 0.256 e. The van der Waals surface area contributed by atoms with E-state index in [0.29, 0.717) is 18.4 Å². The van der Waals surface area contributed by atoms with Crippen molar-refractivity contribution in [1.82, 2.24) is 15.2 Å². The molecule has 2 unspecified atom stereocenters. The summed E-state index contributed by atoms with van der Waals surface area (Å²) in [4.78, 5) is 17.9. The molecular formula is C22H26F2N4O4. The van der Waals surface area contributed by atoms with Gasteiger partial charge in [-0.15, -0.1) is 0 Å². The largest absolute Gasteiger partial charge is 0.390 e. The van der Waals surface area contributed by atoms with Gasteiger partial charge in [-0.2, -0.15) is 4.39 Å². The number of rotatable bonds is 6. The van der Waals surface area contributed by atoms with E-state index in [1.165, 1.54) is 23.1 Å². The summed E-state index contributed by atoms with van der Waals surface area (Å²) in [5.74, 6) is -2.04. The van der Waals surface area contributed by atoms with Gasteiger partial charge in [-0.1, -0.05) is 6.07 Å². The molecule has 0 bridgehead atoms. The van der Waals surface area contributed by atoms with Gasteiger partial charge >= 0.3 is 0 Å². The van der Waals surface area contributed by atoms with Gasteiger partial charge in [0.15, 0.2) is 0 Å². The first-order valence-corrected chi connectivity index (χ1v) is 10.4. The first kappa shape index (κ1) is 22.5. The molecule has 0 radical (unpaired) electrons. The van der Waals surface area contributed by atoms with Gasteiger partial charge in [0.2, 0.25) is 5.95 Å². The number of aryl methyl sites for hydroxylation is 1. The molecule has 2 atom stereocenters. The van der Waals surface area contributed by atoms with Crippen molar-refractivity contribution < 1.29 is 28.9 Å². The average Bonchev–Trinajstić information content (AvgIpc) is 3.04. The Balaban J connectivity index is 1.41. The molecule has 1 aliphatic heterocycles. The minimum atomic E-state index is -1.17. The number of hydrogen-bond donors (Lipinski definition) is 5. The Bertz CT molecular complexity index is 1010. The van der Waals surface area contributed by atoms with Crippen LogP contribution in [0.3, 0.4) is 0 Å². The summed E-state index contributed by atoms with van der Waals surface area (Å²) in [6.45, 7) is 1.96. The highest BCUT2D eigenvalue weighted by Gasteiger charge is 2.45.